The molecule has 2 rings (SSSR count). The number of halogens is 2. The van der Waals surface area contributed by atoms with Gasteiger partial charge in [0.05, 0.1) is 0 Å². The molecule has 0 saturated heterocycles. The first-order valence-electron chi connectivity index (χ1n) is 8.69. The largest absolute Gasteiger partial charge is 0.393 e. The number of allylic oxidation sites excluding steroid dienone is 3. The van der Waals surface area contributed by atoms with Crippen molar-refractivity contribution in [2.75, 3.05) is 7.05 Å². The fraction of sp³-hybridized carbons (Fsp3) is 0.217. The van der Waals surface area contributed by atoms with Gasteiger partial charge >= 0.3 is 0 Å². The van der Waals surface area contributed by atoms with Gasteiger partial charge in [0.15, 0.2) is 0 Å². The van der Waals surface area contributed by atoms with E-state index in [0.29, 0.717) is 11.1 Å². The van der Waals surface area contributed by atoms with Crippen LogP contribution in [0.1, 0.15) is 35.6 Å². The summed E-state index contributed by atoms with van der Waals surface area (Å²) in [7, 11) is 1.77. The lowest BCUT2D eigenvalue weighted by atomic mass is 9.92. The van der Waals surface area contributed by atoms with Gasteiger partial charge < -0.3 is 5.32 Å². The van der Waals surface area contributed by atoms with Crippen molar-refractivity contribution < 1.29 is 8.78 Å². The Labute approximate surface area is 154 Å². The third-order valence-corrected chi connectivity index (χ3v) is 4.28. The van der Waals surface area contributed by atoms with E-state index in [1.54, 1.807) is 37.5 Å². The molecule has 3 heteroatoms. The van der Waals surface area contributed by atoms with Crippen molar-refractivity contribution in [3.63, 3.8) is 0 Å². The summed E-state index contributed by atoms with van der Waals surface area (Å²) < 4.78 is 27.9. The summed E-state index contributed by atoms with van der Waals surface area (Å²) in [5, 5.41) is 2.92. The average Bonchev–Trinajstić information content (AvgIpc) is 2.60. The molecule has 0 aromatic heterocycles. The number of aryl methyl sites for hydroxylation is 2. The van der Waals surface area contributed by atoms with E-state index in [2.05, 4.69) is 18.5 Å². The Morgan fingerprint density at radius 3 is 2.50 bits per heavy atom. The molecule has 0 atom stereocenters. The van der Waals surface area contributed by atoms with E-state index in [-0.39, 0.29) is 11.6 Å². The van der Waals surface area contributed by atoms with Crippen LogP contribution in [0.2, 0.25) is 0 Å². The van der Waals surface area contributed by atoms with E-state index in [9.17, 15) is 8.78 Å². The molecule has 0 unspecified atom stereocenters. The van der Waals surface area contributed by atoms with Crippen LogP contribution in [-0.2, 0) is 12.8 Å². The lowest BCUT2D eigenvalue weighted by Gasteiger charge is -2.14. The predicted molar refractivity (Wildman–Crippen MR) is 107 cm³/mol. The van der Waals surface area contributed by atoms with Crippen molar-refractivity contribution in [2.24, 2.45) is 0 Å². The third kappa shape index (κ3) is 4.92. The summed E-state index contributed by atoms with van der Waals surface area (Å²) in [5.41, 5.74) is 4.87. The van der Waals surface area contributed by atoms with Crippen LogP contribution >= 0.6 is 0 Å². The molecule has 0 bridgehead atoms. The molecule has 0 heterocycles. The SMILES string of the molecule is C=C/C(=C\NC)c1cc(CCCc2cccc(F)c2)c(C(=C)C)cc1F. The van der Waals surface area contributed by atoms with Crippen molar-refractivity contribution >= 4 is 11.1 Å². The van der Waals surface area contributed by atoms with Gasteiger partial charge in [-0.1, -0.05) is 36.9 Å². The number of hydrogen-bond acceptors (Lipinski definition) is 1. The van der Waals surface area contributed by atoms with Crippen LogP contribution in [-0.4, -0.2) is 7.05 Å². The van der Waals surface area contributed by atoms with Gasteiger partial charge in [0.1, 0.15) is 11.6 Å². The summed E-state index contributed by atoms with van der Waals surface area (Å²) in [4.78, 5) is 0. The maximum absolute atomic E-state index is 14.6. The van der Waals surface area contributed by atoms with Gasteiger partial charge in [-0.05, 0) is 72.7 Å². The Morgan fingerprint density at radius 2 is 1.88 bits per heavy atom. The number of benzene rings is 2. The number of rotatable bonds is 8. The lowest BCUT2D eigenvalue weighted by Crippen LogP contribution is -2.01. The van der Waals surface area contributed by atoms with Gasteiger partial charge in [-0.25, -0.2) is 8.78 Å². The molecule has 26 heavy (non-hydrogen) atoms. The molecule has 2 aromatic rings. The number of hydrogen-bond donors (Lipinski definition) is 1. The van der Waals surface area contributed by atoms with Gasteiger partial charge in [-0.2, -0.15) is 0 Å². The zero-order chi connectivity index (χ0) is 19.1. The highest BCUT2D eigenvalue weighted by Crippen LogP contribution is 2.28. The molecular weight excluding hydrogens is 328 g/mol. The highest BCUT2D eigenvalue weighted by Gasteiger charge is 2.12. The summed E-state index contributed by atoms with van der Waals surface area (Å²) >= 11 is 0. The minimum atomic E-state index is -0.293. The molecule has 0 saturated carbocycles. The quantitative estimate of drug-likeness (QED) is 0.581. The van der Waals surface area contributed by atoms with Crippen LogP contribution in [0.4, 0.5) is 8.78 Å². The monoisotopic (exact) mass is 353 g/mol. The standard InChI is InChI=1S/C23H25F2N/c1-5-18(15-26-4)22-13-19(21(16(2)3)14-23(22)25)10-6-8-17-9-7-11-20(24)12-17/h5,7,9,11-15,26H,1-2,6,8,10H2,3-4H3/b18-15+. The molecule has 0 spiro atoms. The molecule has 0 radical (unpaired) electrons. The van der Waals surface area contributed by atoms with E-state index in [1.165, 1.54) is 6.07 Å². The molecule has 136 valence electrons. The maximum Gasteiger partial charge on any atom is 0.131 e. The van der Waals surface area contributed by atoms with Crippen molar-refractivity contribution in [3.05, 3.63) is 95.7 Å². The molecule has 2 aromatic carbocycles. The normalized spacial score (nSPS) is 11.3. The minimum Gasteiger partial charge on any atom is -0.393 e. The third-order valence-electron chi connectivity index (χ3n) is 4.28. The number of nitrogens with one attached hydrogen (secondary N) is 1. The van der Waals surface area contributed by atoms with Crippen molar-refractivity contribution in [3.8, 4) is 0 Å². The van der Waals surface area contributed by atoms with E-state index in [4.69, 9.17) is 0 Å². The second-order valence-corrected chi connectivity index (χ2v) is 6.35. The van der Waals surface area contributed by atoms with Crippen LogP contribution in [0.5, 0.6) is 0 Å². The zero-order valence-corrected chi connectivity index (χ0v) is 15.4. The summed E-state index contributed by atoms with van der Waals surface area (Å²) in [5.74, 6) is -0.514. The molecule has 0 aliphatic carbocycles. The van der Waals surface area contributed by atoms with Crippen molar-refractivity contribution in [1.82, 2.24) is 5.32 Å². The highest BCUT2D eigenvalue weighted by molar-refractivity contribution is 5.76. The van der Waals surface area contributed by atoms with E-state index >= 15 is 0 Å². The minimum absolute atomic E-state index is 0.220. The molecule has 1 nitrogen and oxygen atoms in total. The first kappa shape index (κ1) is 19.6. The maximum atomic E-state index is 14.6. The molecular formula is C23H25F2N. The molecule has 0 aliphatic rings. The van der Waals surface area contributed by atoms with Gasteiger partial charge in [0, 0.05) is 18.8 Å². The summed E-state index contributed by atoms with van der Waals surface area (Å²) in [6.45, 7) is 9.62. The Hall–Kier alpha value is -2.68. The summed E-state index contributed by atoms with van der Waals surface area (Å²) in [6, 6.07) is 10.1. The zero-order valence-electron chi connectivity index (χ0n) is 15.4. The van der Waals surface area contributed by atoms with Crippen LogP contribution < -0.4 is 5.32 Å². The Kier molecular flexibility index (Phi) is 6.90. The van der Waals surface area contributed by atoms with Gasteiger partial charge in [-0.3, -0.25) is 0 Å². The van der Waals surface area contributed by atoms with E-state index in [1.807, 2.05) is 19.1 Å². The average molecular weight is 353 g/mol. The van der Waals surface area contributed by atoms with Crippen molar-refractivity contribution in [1.29, 1.82) is 0 Å². The van der Waals surface area contributed by atoms with Crippen LogP contribution in [0, 0.1) is 11.6 Å². The predicted octanol–water partition coefficient (Wildman–Crippen LogP) is 5.92. The van der Waals surface area contributed by atoms with Crippen molar-refractivity contribution in [2.45, 2.75) is 26.2 Å². The van der Waals surface area contributed by atoms with Gasteiger partial charge in [0.25, 0.3) is 0 Å². The molecule has 0 amide bonds. The van der Waals surface area contributed by atoms with Crippen LogP contribution in [0.3, 0.4) is 0 Å². The fourth-order valence-electron chi connectivity index (χ4n) is 3.02. The molecule has 0 aliphatic heterocycles. The summed E-state index contributed by atoms with van der Waals surface area (Å²) in [6.07, 6.45) is 5.72. The van der Waals surface area contributed by atoms with Gasteiger partial charge in [-0.15, -0.1) is 0 Å². The second-order valence-electron chi connectivity index (χ2n) is 6.35. The van der Waals surface area contributed by atoms with E-state index < -0.39 is 0 Å². The van der Waals surface area contributed by atoms with Crippen LogP contribution in [0.15, 0.2) is 61.8 Å². The van der Waals surface area contributed by atoms with Crippen LogP contribution in [0.25, 0.3) is 11.1 Å². The van der Waals surface area contributed by atoms with E-state index in [0.717, 1.165) is 41.5 Å². The Bertz CT molecular complexity index is 834. The Morgan fingerprint density at radius 1 is 1.12 bits per heavy atom. The topological polar surface area (TPSA) is 12.0 Å². The first-order valence-corrected chi connectivity index (χ1v) is 8.69. The lowest BCUT2D eigenvalue weighted by molar-refractivity contribution is 0.621. The van der Waals surface area contributed by atoms with Gasteiger partial charge in [0.2, 0.25) is 0 Å². The molecule has 1 N–H and O–H groups in total. The highest BCUT2D eigenvalue weighted by atomic mass is 19.1. The molecule has 0 fully saturated rings. The first-order chi connectivity index (χ1) is 12.5. The smallest absolute Gasteiger partial charge is 0.131 e. The Balaban J connectivity index is 2.28. The fourth-order valence-corrected chi connectivity index (χ4v) is 3.02. The second kappa shape index (κ2) is 9.14.